The van der Waals surface area contributed by atoms with Crippen LogP contribution in [0, 0.1) is 0 Å². The van der Waals surface area contributed by atoms with Gasteiger partial charge in [-0.15, -0.1) is 0 Å². The zero-order valence-electron chi connectivity index (χ0n) is 19.3. The molecule has 35 heavy (non-hydrogen) atoms. The Hall–Kier alpha value is -4.39. The van der Waals surface area contributed by atoms with Crippen molar-refractivity contribution < 1.29 is 14.3 Å². The van der Waals surface area contributed by atoms with Crippen LogP contribution in [0.1, 0.15) is 23.7 Å². The van der Waals surface area contributed by atoms with E-state index < -0.39 is 5.54 Å². The van der Waals surface area contributed by atoms with Gasteiger partial charge in [-0.2, -0.15) is 5.10 Å². The van der Waals surface area contributed by atoms with E-state index in [4.69, 9.17) is 4.74 Å². The van der Waals surface area contributed by atoms with Gasteiger partial charge in [-0.25, -0.2) is 5.01 Å². The molecule has 0 saturated carbocycles. The van der Waals surface area contributed by atoms with Gasteiger partial charge in [-0.05, 0) is 54.8 Å². The Morgan fingerprint density at radius 1 is 0.971 bits per heavy atom. The SMILES string of the molecule is C[C@@]12C(=O)N(N=Cc3cccc(Oc4ccccc4)c3)CC(=O)N1CCc1c2[nH]c2ccccc12. The molecule has 3 aromatic carbocycles. The summed E-state index contributed by atoms with van der Waals surface area (Å²) in [6.07, 6.45) is 2.31. The van der Waals surface area contributed by atoms with E-state index in [1.54, 1.807) is 11.1 Å². The molecule has 3 heterocycles. The molecule has 7 heteroatoms. The van der Waals surface area contributed by atoms with Crippen molar-refractivity contribution in [3.63, 3.8) is 0 Å². The van der Waals surface area contributed by atoms with Crippen molar-refractivity contribution in [1.82, 2.24) is 14.9 Å². The lowest BCUT2D eigenvalue weighted by Crippen LogP contribution is -2.65. The molecule has 1 aromatic heterocycles. The maximum atomic E-state index is 13.8. The predicted octanol–water partition coefficient (Wildman–Crippen LogP) is 4.44. The van der Waals surface area contributed by atoms with Crippen LogP contribution in [0.3, 0.4) is 0 Å². The van der Waals surface area contributed by atoms with Gasteiger partial charge in [-0.3, -0.25) is 9.59 Å². The summed E-state index contributed by atoms with van der Waals surface area (Å²) in [4.78, 5) is 32.0. The van der Waals surface area contributed by atoms with E-state index in [9.17, 15) is 9.59 Å². The number of aromatic nitrogens is 1. The molecule has 0 spiro atoms. The third-order valence-corrected chi connectivity index (χ3v) is 6.85. The fraction of sp³-hybridized carbons (Fsp3) is 0.179. The molecule has 1 fully saturated rings. The van der Waals surface area contributed by atoms with E-state index in [2.05, 4.69) is 16.2 Å². The van der Waals surface area contributed by atoms with Crippen molar-refractivity contribution in [2.45, 2.75) is 18.9 Å². The van der Waals surface area contributed by atoms with Crippen LogP contribution in [0.5, 0.6) is 11.5 Å². The molecular weight excluding hydrogens is 440 g/mol. The number of hydrogen-bond acceptors (Lipinski definition) is 4. The van der Waals surface area contributed by atoms with E-state index >= 15 is 0 Å². The quantitative estimate of drug-likeness (QED) is 0.454. The normalized spacial score (nSPS) is 19.8. The van der Waals surface area contributed by atoms with Crippen LogP contribution in [0.2, 0.25) is 0 Å². The van der Waals surface area contributed by atoms with Gasteiger partial charge in [0.15, 0.2) is 5.54 Å². The van der Waals surface area contributed by atoms with Crippen LogP contribution in [0.25, 0.3) is 10.9 Å². The Labute approximate surface area is 202 Å². The van der Waals surface area contributed by atoms with E-state index in [1.807, 2.05) is 79.7 Å². The number of para-hydroxylation sites is 2. The highest BCUT2D eigenvalue weighted by molar-refractivity contribution is 6.01. The lowest BCUT2D eigenvalue weighted by Gasteiger charge is -2.48. The van der Waals surface area contributed by atoms with Crippen LogP contribution in [0.4, 0.5) is 0 Å². The second-order valence-corrected chi connectivity index (χ2v) is 8.99. The molecule has 1 saturated heterocycles. The molecule has 174 valence electrons. The Bertz CT molecular complexity index is 1480. The summed E-state index contributed by atoms with van der Waals surface area (Å²) in [6.45, 7) is 2.24. The molecule has 2 amide bonds. The molecule has 1 atom stereocenters. The third kappa shape index (κ3) is 3.47. The number of fused-ring (bicyclic) bond motifs is 5. The lowest BCUT2D eigenvalue weighted by atomic mass is 9.83. The number of rotatable bonds is 4. The molecular formula is C28H24N4O3. The number of hydrogen-bond donors (Lipinski definition) is 1. The first-order chi connectivity index (χ1) is 17.0. The number of H-pyrrole nitrogens is 1. The number of hydrazone groups is 1. The van der Waals surface area contributed by atoms with Gasteiger partial charge in [0.25, 0.3) is 5.91 Å². The van der Waals surface area contributed by atoms with Crippen molar-refractivity contribution in [3.05, 3.63) is 95.7 Å². The minimum Gasteiger partial charge on any atom is -0.457 e. The molecule has 1 N–H and O–H groups in total. The van der Waals surface area contributed by atoms with Crippen LogP contribution in [-0.4, -0.2) is 46.0 Å². The fourth-order valence-electron chi connectivity index (χ4n) is 5.10. The number of nitrogens with zero attached hydrogens (tertiary/aromatic N) is 3. The Morgan fingerprint density at radius 3 is 2.60 bits per heavy atom. The fourth-order valence-corrected chi connectivity index (χ4v) is 5.10. The molecule has 4 aromatic rings. The number of benzene rings is 3. The highest BCUT2D eigenvalue weighted by atomic mass is 16.5. The Balaban J connectivity index is 1.30. The zero-order valence-corrected chi connectivity index (χ0v) is 19.3. The first-order valence-electron chi connectivity index (χ1n) is 11.6. The first kappa shape index (κ1) is 21.2. The highest BCUT2D eigenvalue weighted by Crippen LogP contribution is 2.41. The van der Waals surface area contributed by atoms with Crippen molar-refractivity contribution in [1.29, 1.82) is 0 Å². The maximum absolute atomic E-state index is 13.8. The van der Waals surface area contributed by atoms with Crippen LogP contribution in [-0.2, 0) is 21.5 Å². The van der Waals surface area contributed by atoms with Crippen molar-refractivity contribution in [2.75, 3.05) is 13.1 Å². The largest absolute Gasteiger partial charge is 0.457 e. The van der Waals surface area contributed by atoms with Crippen LogP contribution < -0.4 is 4.74 Å². The van der Waals surface area contributed by atoms with E-state index in [1.165, 1.54) is 5.01 Å². The van der Waals surface area contributed by atoms with Crippen molar-refractivity contribution in [2.24, 2.45) is 5.10 Å². The number of carbonyl (C=O) groups excluding carboxylic acids is 2. The molecule has 0 radical (unpaired) electrons. The molecule has 0 aliphatic carbocycles. The average Bonchev–Trinajstić information content (AvgIpc) is 3.26. The lowest BCUT2D eigenvalue weighted by molar-refractivity contribution is -0.165. The second-order valence-electron chi connectivity index (χ2n) is 8.99. The van der Waals surface area contributed by atoms with Crippen LogP contribution in [0.15, 0.2) is 84.0 Å². The summed E-state index contributed by atoms with van der Waals surface area (Å²) in [6, 6.07) is 25.0. The molecule has 0 bridgehead atoms. The van der Waals surface area contributed by atoms with Crippen molar-refractivity contribution in [3.8, 4) is 11.5 Å². The molecule has 7 nitrogen and oxygen atoms in total. The van der Waals surface area contributed by atoms with Gasteiger partial charge in [0, 0.05) is 17.4 Å². The summed E-state index contributed by atoms with van der Waals surface area (Å²) in [5, 5.41) is 6.82. The summed E-state index contributed by atoms with van der Waals surface area (Å²) in [5.74, 6) is 1.06. The highest BCUT2D eigenvalue weighted by Gasteiger charge is 2.54. The minimum atomic E-state index is -1.13. The first-order valence-corrected chi connectivity index (χ1v) is 11.6. The Kier molecular flexibility index (Phi) is 4.91. The number of piperazine rings is 1. The molecule has 0 unspecified atom stereocenters. The number of ether oxygens (including phenoxy) is 1. The van der Waals surface area contributed by atoms with Gasteiger partial charge in [0.2, 0.25) is 5.91 Å². The smallest absolute Gasteiger partial charge is 0.275 e. The summed E-state index contributed by atoms with van der Waals surface area (Å²) >= 11 is 0. The summed E-state index contributed by atoms with van der Waals surface area (Å²) in [7, 11) is 0. The standard InChI is InChI=1S/C28H24N4O3/c1-28-26-23(22-12-5-6-13-24(22)30-26)14-15-31(28)25(33)18-32(27(28)34)29-17-19-8-7-11-21(16-19)35-20-9-3-2-4-10-20/h2-13,16-17,30H,14-15,18H2,1H3/t28-/m1/s1. The van der Waals surface area contributed by atoms with Gasteiger partial charge in [0.05, 0.1) is 11.9 Å². The van der Waals surface area contributed by atoms with Gasteiger partial charge >= 0.3 is 0 Å². The van der Waals surface area contributed by atoms with Gasteiger partial charge in [0.1, 0.15) is 18.0 Å². The van der Waals surface area contributed by atoms with E-state index in [-0.39, 0.29) is 18.4 Å². The van der Waals surface area contributed by atoms with Crippen molar-refractivity contribution >= 4 is 28.9 Å². The summed E-state index contributed by atoms with van der Waals surface area (Å²) < 4.78 is 5.90. The molecule has 2 aliphatic heterocycles. The van der Waals surface area contributed by atoms with Gasteiger partial charge in [-0.1, -0.05) is 48.5 Å². The monoisotopic (exact) mass is 464 g/mol. The van der Waals surface area contributed by atoms with E-state index in [0.29, 0.717) is 18.7 Å². The number of nitrogens with one attached hydrogen (secondary N) is 1. The van der Waals surface area contributed by atoms with E-state index in [0.717, 1.165) is 33.5 Å². The van der Waals surface area contributed by atoms with Gasteiger partial charge < -0.3 is 14.6 Å². The minimum absolute atomic E-state index is 0.0826. The molecule has 6 rings (SSSR count). The summed E-state index contributed by atoms with van der Waals surface area (Å²) in [5.41, 5.74) is 2.48. The molecule has 2 aliphatic rings. The third-order valence-electron chi connectivity index (χ3n) is 6.85. The Morgan fingerprint density at radius 2 is 1.74 bits per heavy atom. The number of aromatic amines is 1. The maximum Gasteiger partial charge on any atom is 0.275 e. The predicted molar refractivity (Wildman–Crippen MR) is 133 cm³/mol. The van der Waals surface area contributed by atoms with Crippen LogP contribution >= 0.6 is 0 Å². The zero-order chi connectivity index (χ0) is 24.0. The average molecular weight is 465 g/mol. The topological polar surface area (TPSA) is 78.0 Å². The number of amides is 2. The second kappa shape index (κ2) is 8.13. The number of carbonyl (C=O) groups is 2.